The van der Waals surface area contributed by atoms with Gasteiger partial charge < -0.3 is 10.2 Å². The number of benzene rings is 2. The zero-order valence-electron chi connectivity index (χ0n) is 12.2. The van der Waals surface area contributed by atoms with Crippen LogP contribution in [0.3, 0.4) is 0 Å². The topological polar surface area (TPSA) is 39.1 Å². The molecule has 0 bridgehead atoms. The molecule has 108 valence electrons. The van der Waals surface area contributed by atoms with E-state index in [1.165, 1.54) is 12.1 Å². The number of rotatable bonds is 5. The SMILES string of the molecule is CNCc1ccc(N(C)Cc2cccc(F)c2)c(C#N)c1. The lowest BCUT2D eigenvalue weighted by Crippen LogP contribution is -2.18. The second-order valence-electron chi connectivity index (χ2n) is 4.98. The van der Waals surface area contributed by atoms with Gasteiger partial charge in [0.2, 0.25) is 0 Å². The zero-order chi connectivity index (χ0) is 15.2. The first-order chi connectivity index (χ1) is 10.1. The van der Waals surface area contributed by atoms with Crippen LogP contribution in [-0.2, 0) is 13.1 Å². The molecule has 0 aliphatic rings. The summed E-state index contributed by atoms with van der Waals surface area (Å²) in [6.45, 7) is 1.28. The fourth-order valence-corrected chi connectivity index (χ4v) is 2.31. The van der Waals surface area contributed by atoms with E-state index in [-0.39, 0.29) is 5.82 Å². The third kappa shape index (κ3) is 3.80. The van der Waals surface area contributed by atoms with Crippen LogP contribution in [0, 0.1) is 17.1 Å². The van der Waals surface area contributed by atoms with Crippen molar-refractivity contribution in [3.63, 3.8) is 0 Å². The van der Waals surface area contributed by atoms with Crippen LogP contribution in [-0.4, -0.2) is 14.1 Å². The lowest BCUT2D eigenvalue weighted by atomic mass is 10.1. The Hall–Kier alpha value is -2.38. The summed E-state index contributed by atoms with van der Waals surface area (Å²) in [5.41, 5.74) is 3.42. The van der Waals surface area contributed by atoms with Crippen LogP contribution in [0.5, 0.6) is 0 Å². The van der Waals surface area contributed by atoms with Gasteiger partial charge in [-0.15, -0.1) is 0 Å². The van der Waals surface area contributed by atoms with Gasteiger partial charge >= 0.3 is 0 Å². The molecule has 0 aromatic heterocycles. The van der Waals surface area contributed by atoms with Crippen molar-refractivity contribution in [3.05, 3.63) is 65.0 Å². The lowest BCUT2D eigenvalue weighted by molar-refractivity contribution is 0.625. The zero-order valence-corrected chi connectivity index (χ0v) is 12.2. The highest BCUT2D eigenvalue weighted by Crippen LogP contribution is 2.22. The Morgan fingerprint density at radius 3 is 2.67 bits per heavy atom. The van der Waals surface area contributed by atoms with Gasteiger partial charge in [-0.3, -0.25) is 0 Å². The van der Waals surface area contributed by atoms with Crippen LogP contribution in [0.4, 0.5) is 10.1 Å². The van der Waals surface area contributed by atoms with Gasteiger partial charge in [-0.05, 0) is 42.4 Å². The molecule has 0 radical (unpaired) electrons. The van der Waals surface area contributed by atoms with E-state index in [0.29, 0.717) is 12.1 Å². The average molecular weight is 283 g/mol. The Balaban J connectivity index is 2.22. The Bertz CT molecular complexity index is 661. The van der Waals surface area contributed by atoms with Gasteiger partial charge in [0.1, 0.15) is 11.9 Å². The fourth-order valence-electron chi connectivity index (χ4n) is 2.31. The van der Waals surface area contributed by atoms with Crippen LogP contribution in [0.2, 0.25) is 0 Å². The first kappa shape index (κ1) is 15.0. The molecule has 0 fully saturated rings. The van der Waals surface area contributed by atoms with E-state index < -0.39 is 0 Å². The molecule has 0 spiro atoms. The molecule has 2 rings (SSSR count). The smallest absolute Gasteiger partial charge is 0.123 e. The van der Waals surface area contributed by atoms with Gasteiger partial charge in [-0.1, -0.05) is 18.2 Å². The van der Waals surface area contributed by atoms with Gasteiger partial charge in [0.15, 0.2) is 0 Å². The monoisotopic (exact) mass is 283 g/mol. The van der Waals surface area contributed by atoms with Crippen molar-refractivity contribution in [2.24, 2.45) is 0 Å². The summed E-state index contributed by atoms with van der Waals surface area (Å²) in [4.78, 5) is 1.95. The minimum absolute atomic E-state index is 0.245. The molecule has 0 aliphatic heterocycles. The van der Waals surface area contributed by atoms with Crippen LogP contribution >= 0.6 is 0 Å². The summed E-state index contributed by atoms with van der Waals surface area (Å²) in [5.74, 6) is -0.245. The quantitative estimate of drug-likeness (QED) is 0.916. The predicted octanol–water partition coefficient (Wildman–Crippen LogP) is 3.05. The Morgan fingerprint density at radius 1 is 1.19 bits per heavy atom. The molecule has 0 saturated heterocycles. The van der Waals surface area contributed by atoms with Gasteiger partial charge in [-0.25, -0.2) is 4.39 Å². The molecule has 0 aliphatic carbocycles. The van der Waals surface area contributed by atoms with Crippen molar-refractivity contribution in [3.8, 4) is 6.07 Å². The summed E-state index contributed by atoms with van der Waals surface area (Å²) in [7, 11) is 3.77. The fraction of sp³-hybridized carbons (Fsp3) is 0.235. The van der Waals surface area contributed by atoms with Crippen molar-refractivity contribution >= 4 is 5.69 Å². The number of anilines is 1. The molecule has 0 atom stereocenters. The van der Waals surface area contributed by atoms with E-state index in [1.807, 2.05) is 43.3 Å². The van der Waals surface area contributed by atoms with E-state index in [1.54, 1.807) is 6.07 Å². The van der Waals surface area contributed by atoms with Crippen molar-refractivity contribution in [2.45, 2.75) is 13.1 Å². The minimum atomic E-state index is -0.245. The van der Waals surface area contributed by atoms with Gasteiger partial charge in [0.25, 0.3) is 0 Å². The number of nitriles is 1. The third-order valence-electron chi connectivity index (χ3n) is 3.28. The summed E-state index contributed by atoms with van der Waals surface area (Å²) in [6, 6.07) is 14.6. The van der Waals surface area contributed by atoms with E-state index >= 15 is 0 Å². The highest BCUT2D eigenvalue weighted by molar-refractivity contribution is 5.60. The third-order valence-corrected chi connectivity index (χ3v) is 3.28. The molecule has 21 heavy (non-hydrogen) atoms. The molecule has 1 N–H and O–H groups in total. The van der Waals surface area contributed by atoms with Crippen LogP contribution in [0.1, 0.15) is 16.7 Å². The molecule has 3 nitrogen and oxygen atoms in total. The van der Waals surface area contributed by atoms with E-state index in [2.05, 4.69) is 11.4 Å². The lowest BCUT2D eigenvalue weighted by Gasteiger charge is -2.21. The van der Waals surface area contributed by atoms with Gasteiger partial charge in [0.05, 0.1) is 11.3 Å². The first-order valence-corrected chi connectivity index (χ1v) is 6.77. The first-order valence-electron chi connectivity index (χ1n) is 6.77. The Labute approximate surface area is 124 Å². The summed E-state index contributed by atoms with van der Waals surface area (Å²) in [6.07, 6.45) is 0. The Kier molecular flexibility index (Phi) is 4.91. The number of hydrogen-bond donors (Lipinski definition) is 1. The summed E-state index contributed by atoms with van der Waals surface area (Å²) < 4.78 is 13.2. The molecule has 0 amide bonds. The van der Waals surface area contributed by atoms with Gasteiger partial charge in [0, 0.05) is 20.1 Å². The van der Waals surface area contributed by atoms with Crippen molar-refractivity contribution in [2.75, 3.05) is 19.0 Å². The number of nitrogens with zero attached hydrogens (tertiary/aromatic N) is 2. The maximum absolute atomic E-state index is 13.2. The standard InChI is InChI=1S/C17H18FN3/c1-20-11-13-6-7-17(15(8-13)10-19)21(2)12-14-4-3-5-16(18)9-14/h3-9,20H,11-12H2,1-2H3. The molecule has 0 saturated carbocycles. The summed E-state index contributed by atoms with van der Waals surface area (Å²) in [5, 5.41) is 12.4. The van der Waals surface area contributed by atoms with E-state index in [9.17, 15) is 9.65 Å². The van der Waals surface area contributed by atoms with Crippen molar-refractivity contribution in [1.82, 2.24) is 5.32 Å². The molecular weight excluding hydrogens is 265 g/mol. The molecular formula is C17H18FN3. The van der Waals surface area contributed by atoms with Crippen molar-refractivity contribution in [1.29, 1.82) is 5.26 Å². The summed E-state index contributed by atoms with van der Waals surface area (Å²) >= 11 is 0. The molecule has 0 heterocycles. The van der Waals surface area contributed by atoms with E-state index in [4.69, 9.17) is 0 Å². The van der Waals surface area contributed by atoms with Crippen LogP contribution < -0.4 is 10.2 Å². The maximum Gasteiger partial charge on any atom is 0.123 e. The molecule has 2 aromatic carbocycles. The molecule has 4 heteroatoms. The average Bonchev–Trinajstić information content (AvgIpc) is 2.47. The minimum Gasteiger partial charge on any atom is -0.369 e. The normalized spacial score (nSPS) is 10.2. The maximum atomic E-state index is 13.2. The van der Waals surface area contributed by atoms with Gasteiger partial charge in [-0.2, -0.15) is 5.26 Å². The Morgan fingerprint density at radius 2 is 2.00 bits per heavy atom. The van der Waals surface area contributed by atoms with Crippen LogP contribution in [0.25, 0.3) is 0 Å². The molecule has 0 unspecified atom stereocenters. The number of hydrogen-bond acceptors (Lipinski definition) is 3. The molecule has 2 aromatic rings. The number of nitrogens with one attached hydrogen (secondary N) is 1. The second kappa shape index (κ2) is 6.87. The second-order valence-corrected chi connectivity index (χ2v) is 4.98. The largest absolute Gasteiger partial charge is 0.369 e. The highest BCUT2D eigenvalue weighted by atomic mass is 19.1. The predicted molar refractivity (Wildman–Crippen MR) is 82.4 cm³/mol. The van der Waals surface area contributed by atoms with Crippen molar-refractivity contribution < 1.29 is 4.39 Å². The van der Waals surface area contributed by atoms with Crippen LogP contribution in [0.15, 0.2) is 42.5 Å². The van der Waals surface area contributed by atoms with E-state index in [0.717, 1.165) is 23.4 Å². The highest BCUT2D eigenvalue weighted by Gasteiger charge is 2.09. The number of halogens is 1.